The number of sulfonamides is 1. The first kappa shape index (κ1) is 24.0. The maximum absolute atomic E-state index is 13.3. The molecule has 8 heteroatoms. The Bertz CT molecular complexity index is 1090. The number of benzene rings is 2. The summed E-state index contributed by atoms with van der Waals surface area (Å²) in [5.41, 5.74) is 5.57. The molecule has 1 amide bonds. The van der Waals surface area contributed by atoms with E-state index in [1.54, 1.807) is 23.0 Å². The summed E-state index contributed by atoms with van der Waals surface area (Å²) in [4.78, 5) is 11.1. The average Bonchev–Trinajstić information content (AvgIpc) is 3.35. The lowest BCUT2D eigenvalue weighted by molar-refractivity contribution is -0.129. The van der Waals surface area contributed by atoms with Gasteiger partial charge in [-0.25, -0.2) is 13.9 Å². The van der Waals surface area contributed by atoms with Gasteiger partial charge in [-0.15, -0.1) is 11.3 Å². The molecule has 2 aromatic carbocycles. The van der Waals surface area contributed by atoms with Gasteiger partial charge in [-0.2, -0.15) is 0 Å². The predicted octanol–water partition coefficient (Wildman–Crippen LogP) is 5.37. The summed E-state index contributed by atoms with van der Waals surface area (Å²) in [5, 5.41) is 10.3. The van der Waals surface area contributed by atoms with Crippen LogP contribution in [0.3, 0.4) is 0 Å². The largest absolute Gasteiger partial charge is 0.289 e. The lowest BCUT2D eigenvalue weighted by Crippen LogP contribution is -2.31. The van der Waals surface area contributed by atoms with Crippen LogP contribution in [0.1, 0.15) is 37.7 Å². The maximum atomic E-state index is 13.3. The molecular weight excluding hydrogens is 444 g/mol. The molecule has 0 spiro atoms. The van der Waals surface area contributed by atoms with E-state index in [2.05, 4.69) is 24.3 Å². The summed E-state index contributed by atoms with van der Waals surface area (Å²) < 4.78 is 28.4. The molecular formula is C24H28N2O4S2. The van der Waals surface area contributed by atoms with Crippen LogP contribution in [0, 0.1) is 6.92 Å². The summed E-state index contributed by atoms with van der Waals surface area (Å²) >= 11 is 1.21. The second kappa shape index (κ2) is 11.3. The molecule has 0 fully saturated rings. The van der Waals surface area contributed by atoms with Gasteiger partial charge in [-0.1, -0.05) is 60.9 Å². The van der Waals surface area contributed by atoms with Crippen molar-refractivity contribution in [3.05, 3.63) is 71.6 Å². The number of unbranched alkanes of at least 4 members (excludes halogenated alkanes) is 3. The molecule has 3 aromatic rings. The molecule has 6 nitrogen and oxygen atoms in total. The zero-order valence-electron chi connectivity index (χ0n) is 18.0. The van der Waals surface area contributed by atoms with Crippen molar-refractivity contribution >= 4 is 33.0 Å². The van der Waals surface area contributed by atoms with Crippen molar-refractivity contribution in [2.45, 2.75) is 43.2 Å². The van der Waals surface area contributed by atoms with Crippen LogP contribution in [0.25, 0.3) is 11.1 Å². The first-order valence-corrected chi connectivity index (χ1v) is 12.9. The van der Waals surface area contributed by atoms with Gasteiger partial charge in [0, 0.05) is 13.0 Å². The molecule has 0 atom stereocenters. The number of hydroxylamine groups is 1. The van der Waals surface area contributed by atoms with Crippen LogP contribution < -0.4 is 9.79 Å². The predicted molar refractivity (Wildman–Crippen MR) is 128 cm³/mol. The molecule has 3 rings (SSSR count). The van der Waals surface area contributed by atoms with Crippen molar-refractivity contribution in [2.24, 2.45) is 0 Å². The number of nitrogens with zero attached hydrogens (tertiary/aromatic N) is 1. The highest BCUT2D eigenvalue weighted by Crippen LogP contribution is 2.29. The van der Waals surface area contributed by atoms with Crippen molar-refractivity contribution in [1.29, 1.82) is 0 Å². The van der Waals surface area contributed by atoms with Gasteiger partial charge in [0.15, 0.2) is 0 Å². The Hall–Kier alpha value is -2.68. The van der Waals surface area contributed by atoms with Crippen molar-refractivity contribution in [3.8, 4) is 11.1 Å². The zero-order valence-corrected chi connectivity index (χ0v) is 19.7. The lowest BCUT2D eigenvalue weighted by atomic mass is 10.0. The molecule has 0 unspecified atom stereocenters. The minimum absolute atomic E-state index is 0.258. The Labute approximate surface area is 193 Å². The van der Waals surface area contributed by atoms with E-state index in [-0.39, 0.29) is 6.42 Å². The Kier molecular flexibility index (Phi) is 8.44. The topological polar surface area (TPSA) is 86.7 Å². The second-order valence-corrected chi connectivity index (χ2v) is 10.7. The van der Waals surface area contributed by atoms with Crippen LogP contribution in [-0.2, 0) is 14.8 Å². The number of hydrogen-bond acceptors (Lipinski definition) is 5. The van der Waals surface area contributed by atoms with E-state index in [1.165, 1.54) is 21.2 Å². The van der Waals surface area contributed by atoms with Crippen molar-refractivity contribution < 1.29 is 18.4 Å². The molecule has 2 N–H and O–H groups in total. The average molecular weight is 473 g/mol. The molecule has 0 bridgehead atoms. The molecule has 0 aliphatic heterocycles. The smallest absolute Gasteiger partial charge is 0.273 e. The number of hydrogen-bond donors (Lipinski definition) is 2. The van der Waals surface area contributed by atoms with E-state index in [1.807, 2.05) is 31.2 Å². The second-order valence-electron chi connectivity index (χ2n) is 7.62. The fourth-order valence-electron chi connectivity index (χ4n) is 3.42. The maximum Gasteiger partial charge on any atom is 0.273 e. The van der Waals surface area contributed by atoms with Crippen molar-refractivity contribution in [2.75, 3.05) is 10.8 Å². The fraction of sp³-hybridized carbons (Fsp3) is 0.292. The first-order chi connectivity index (χ1) is 15.4. The Morgan fingerprint density at radius 2 is 1.56 bits per heavy atom. The minimum atomic E-state index is -3.65. The number of thiophene rings is 1. The highest BCUT2D eigenvalue weighted by molar-refractivity contribution is 7.94. The van der Waals surface area contributed by atoms with E-state index in [9.17, 15) is 13.2 Å². The van der Waals surface area contributed by atoms with Crippen LogP contribution in [0.4, 0.5) is 5.69 Å². The van der Waals surface area contributed by atoms with Gasteiger partial charge in [0.25, 0.3) is 10.0 Å². The first-order valence-electron chi connectivity index (χ1n) is 10.6. The van der Waals surface area contributed by atoms with Gasteiger partial charge < -0.3 is 0 Å². The monoisotopic (exact) mass is 472 g/mol. The zero-order chi connectivity index (χ0) is 23.0. The van der Waals surface area contributed by atoms with Crippen LogP contribution in [0.5, 0.6) is 0 Å². The molecule has 0 aliphatic rings. The summed E-state index contributed by atoms with van der Waals surface area (Å²) in [6.45, 7) is 2.40. The normalized spacial score (nSPS) is 11.3. The molecule has 32 heavy (non-hydrogen) atoms. The summed E-state index contributed by atoms with van der Waals surface area (Å²) in [7, 11) is -3.65. The van der Waals surface area contributed by atoms with Crippen LogP contribution in [0.2, 0.25) is 0 Å². The third-order valence-corrected chi connectivity index (χ3v) is 8.42. The number of nitrogens with one attached hydrogen (secondary N) is 1. The minimum Gasteiger partial charge on any atom is -0.289 e. The van der Waals surface area contributed by atoms with E-state index in [0.717, 1.165) is 24.0 Å². The van der Waals surface area contributed by atoms with Gasteiger partial charge in [-0.05, 0) is 54.5 Å². The van der Waals surface area contributed by atoms with Crippen LogP contribution in [0.15, 0.2) is 70.3 Å². The molecule has 1 aromatic heterocycles. The van der Waals surface area contributed by atoms with Crippen LogP contribution >= 0.6 is 11.3 Å². The summed E-state index contributed by atoms with van der Waals surface area (Å²) in [5.74, 6) is -0.402. The van der Waals surface area contributed by atoms with E-state index >= 15 is 0 Å². The number of anilines is 1. The SMILES string of the molecule is Cc1ccc(-c2ccc(N(CCCCCCC(=O)NO)S(=O)(=O)c3cccs3)cc2)cc1. The number of aryl methyl sites for hydroxylation is 1. The highest BCUT2D eigenvalue weighted by atomic mass is 32.2. The lowest BCUT2D eigenvalue weighted by Gasteiger charge is -2.24. The molecule has 0 radical (unpaired) electrons. The van der Waals surface area contributed by atoms with Gasteiger partial charge in [-0.3, -0.25) is 14.3 Å². The van der Waals surface area contributed by atoms with Gasteiger partial charge in [0.05, 0.1) is 5.69 Å². The van der Waals surface area contributed by atoms with E-state index < -0.39 is 15.9 Å². The molecule has 170 valence electrons. The molecule has 0 saturated carbocycles. The number of rotatable bonds is 11. The van der Waals surface area contributed by atoms with Gasteiger partial charge in [0.2, 0.25) is 5.91 Å². The molecule has 0 saturated heterocycles. The fourth-order valence-corrected chi connectivity index (χ4v) is 6.03. The quantitative estimate of drug-likeness (QED) is 0.223. The number of carbonyl (C=O) groups is 1. The highest BCUT2D eigenvalue weighted by Gasteiger charge is 2.25. The third kappa shape index (κ3) is 6.18. The van der Waals surface area contributed by atoms with E-state index in [4.69, 9.17) is 5.21 Å². The third-order valence-electron chi connectivity index (χ3n) is 5.22. The molecule has 0 aliphatic carbocycles. The van der Waals surface area contributed by atoms with Crippen molar-refractivity contribution in [1.82, 2.24) is 5.48 Å². The van der Waals surface area contributed by atoms with Crippen molar-refractivity contribution in [3.63, 3.8) is 0 Å². The number of carbonyl (C=O) groups excluding carboxylic acids is 1. The standard InChI is InChI=1S/C24H28N2O4S2/c1-19-9-11-20(12-10-19)21-13-15-22(16-14-21)26(32(29,30)24-8-6-18-31-24)17-5-3-2-4-7-23(27)25-28/h6,8-16,18,28H,2-5,7,17H2,1H3,(H,25,27). The van der Waals surface area contributed by atoms with Gasteiger partial charge >= 0.3 is 0 Å². The Morgan fingerprint density at radius 3 is 2.16 bits per heavy atom. The summed E-state index contributed by atoms with van der Waals surface area (Å²) in [6, 6.07) is 19.2. The Balaban J connectivity index is 1.73. The summed E-state index contributed by atoms with van der Waals surface area (Å²) in [6.07, 6.45) is 3.15. The van der Waals surface area contributed by atoms with E-state index in [0.29, 0.717) is 29.3 Å². The van der Waals surface area contributed by atoms with Gasteiger partial charge in [0.1, 0.15) is 4.21 Å². The van der Waals surface area contributed by atoms with Crippen LogP contribution in [-0.4, -0.2) is 26.1 Å². The molecule has 1 heterocycles. The Morgan fingerprint density at radius 1 is 0.938 bits per heavy atom. The number of amides is 1.